The Morgan fingerprint density at radius 2 is 0.723 bits per heavy atom. The van der Waals surface area contributed by atoms with Gasteiger partial charge in [-0.25, -0.2) is 0 Å². The lowest BCUT2D eigenvalue weighted by molar-refractivity contribution is 0.415. The van der Waals surface area contributed by atoms with Gasteiger partial charge in [0, 0.05) is 43.7 Å². The Labute approximate surface area is 375 Å². The van der Waals surface area contributed by atoms with Crippen LogP contribution in [0.2, 0.25) is 0 Å². The van der Waals surface area contributed by atoms with Crippen LogP contribution < -0.4 is 4.74 Å². The fraction of sp³-hybridized carbons (Fsp3) is 0.0164. The molecule has 4 nitrogen and oxygen atoms in total. The van der Waals surface area contributed by atoms with E-state index in [1.807, 2.05) is 24.3 Å². The van der Waals surface area contributed by atoms with Gasteiger partial charge in [0.1, 0.15) is 16.9 Å². The zero-order valence-corrected chi connectivity index (χ0v) is 35.6. The van der Waals surface area contributed by atoms with Gasteiger partial charge in [-0.15, -0.1) is 0 Å². The van der Waals surface area contributed by atoms with E-state index in [0.29, 0.717) is 0 Å². The van der Waals surface area contributed by atoms with Gasteiger partial charge in [-0.3, -0.25) is 0 Å². The molecule has 0 N–H and O–H groups in total. The SMILES string of the molecule is COc1cccc(-c2cccc(-c3ccc(-c4cccc(-c5ccc6c(c5)c5ccccc5n6-c5ccc6c(c5)c5ccccc5n6-c5ccc6oc7ccccc7c6c5)c4)cc3)c2)c1. The summed E-state index contributed by atoms with van der Waals surface area (Å²) < 4.78 is 16.5. The Hall–Kier alpha value is -8.60. The number of ether oxygens (including phenoxy) is 1. The van der Waals surface area contributed by atoms with Gasteiger partial charge in [0.15, 0.2) is 0 Å². The molecule has 65 heavy (non-hydrogen) atoms. The first-order chi connectivity index (χ1) is 32.1. The van der Waals surface area contributed by atoms with E-state index in [1.165, 1.54) is 77.0 Å². The molecule has 0 fully saturated rings. The minimum absolute atomic E-state index is 0.857. The molecule has 0 aliphatic heterocycles. The highest BCUT2D eigenvalue weighted by molar-refractivity contribution is 6.13. The van der Waals surface area contributed by atoms with E-state index in [4.69, 9.17) is 9.15 Å². The van der Waals surface area contributed by atoms with Crippen molar-refractivity contribution in [2.24, 2.45) is 0 Å². The highest BCUT2D eigenvalue weighted by Gasteiger charge is 2.18. The van der Waals surface area contributed by atoms with Crippen LogP contribution >= 0.6 is 0 Å². The largest absolute Gasteiger partial charge is 0.497 e. The van der Waals surface area contributed by atoms with Crippen LogP contribution in [0.4, 0.5) is 0 Å². The molecule has 0 bridgehead atoms. The maximum Gasteiger partial charge on any atom is 0.135 e. The Balaban J connectivity index is 0.863. The standard InChI is InChI=1S/C61H40N2O2/c1-64-49-16-10-15-45(35-49)43-13-8-11-41(33-43)39-23-25-40(26-24-39)42-12-9-14-44(34-42)46-27-30-58-53(36-46)50-17-2-5-20-56(50)62(58)47-28-31-59-54(37-47)51-18-3-6-21-57(51)63(59)48-29-32-61-55(38-48)52-19-4-7-22-60(52)65-61/h2-38H,1H3. The first kappa shape index (κ1) is 37.0. The topological polar surface area (TPSA) is 32.2 Å². The predicted molar refractivity (Wildman–Crippen MR) is 271 cm³/mol. The minimum atomic E-state index is 0.857. The van der Waals surface area contributed by atoms with Crippen LogP contribution in [0.1, 0.15) is 0 Å². The Kier molecular flexibility index (Phi) is 8.40. The fourth-order valence-corrected chi connectivity index (χ4v) is 10.1. The van der Waals surface area contributed by atoms with E-state index < -0.39 is 0 Å². The Bertz CT molecular complexity index is 4000. The quantitative estimate of drug-likeness (QED) is 0.160. The van der Waals surface area contributed by atoms with Crippen molar-refractivity contribution in [3.8, 4) is 61.6 Å². The molecule has 0 aliphatic carbocycles. The number of fused-ring (bicyclic) bond motifs is 9. The lowest BCUT2D eigenvalue weighted by Gasteiger charge is -2.11. The molecule has 13 rings (SSSR count). The third-order valence-corrected chi connectivity index (χ3v) is 13.2. The molecule has 10 aromatic carbocycles. The fourth-order valence-electron chi connectivity index (χ4n) is 10.1. The normalized spacial score (nSPS) is 11.8. The minimum Gasteiger partial charge on any atom is -0.497 e. The summed E-state index contributed by atoms with van der Waals surface area (Å²) >= 11 is 0. The van der Waals surface area contributed by atoms with Crippen molar-refractivity contribution < 1.29 is 9.15 Å². The molecule has 0 saturated heterocycles. The number of nitrogens with zero attached hydrogens (tertiary/aromatic N) is 2. The molecule has 0 radical (unpaired) electrons. The van der Waals surface area contributed by atoms with E-state index in [1.54, 1.807) is 7.11 Å². The number of aromatic nitrogens is 2. The highest BCUT2D eigenvalue weighted by Crippen LogP contribution is 2.40. The second kappa shape index (κ2) is 14.8. The van der Waals surface area contributed by atoms with Gasteiger partial charge in [-0.1, -0.05) is 133 Å². The Morgan fingerprint density at radius 1 is 0.292 bits per heavy atom. The average molecular weight is 833 g/mol. The monoisotopic (exact) mass is 832 g/mol. The smallest absolute Gasteiger partial charge is 0.135 e. The molecular weight excluding hydrogens is 793 g/mol. The van der Waals surface area contributed by atoms with Gasteiger partial charge in [0.05, 0.1) is 29.2 Å². The van der Waals surface area contributed by atoms with Crippen molar-refractivity contribution in [1.82, 2.24) is 9.13 Å². The van der Waals surface area contributed by atoms with Gasteiger partial charge in [0.25, 0.3) is 0 Å². The predicted octanol–water partition coefficient (Wildman–Crippen LogP) is 16.5. The van der Waals surface area contributed by atoms with Crippen molar-refractivity contribution in [3.63, 3.8) is 0 Å². The lowest BCUT2D eigenvalue weighted by atomic mass is 9.95. The Morgan fingerprint density at radius 3 is 1.35 bits per heavy atom. The molecule has 0 atom stereocenters. The first-order valence-electron chi connectivity index (χ1n) is 22.1. The summed E-state index contributed by atoms with van der Waals surface area (Å²) in [6, 6.07) is 81.0. The van der Waals surface area contributed by atoms with Crippen molar-refractivity contribution in [2.45, 2.75) is 0 Å². The molecule has 306 valence electrons. The molecule has 3 aromatic heterocycles. The van der Waals surface area contributed by atoms with E-state index in [0.717, 1.165) is 50.2 Å². The molecule has 3 heterocycles. The van der Waals surface area contributed by atoms with E-state index in [-0.39, 0.29) is 0 Å². The van der Waals surface area contributed by atoms with Crippen LogP contribution in [0.5, 0.6) is 5.75 Å². The van der Waals surface area contributed by atoms with Gasteiger partial charge in [-0.2, -0.15) is 0 Å². The average Bonchev–Trinajstić information content (AvgIpc) is 4.03. The van der Waals surface area contributed by atoms with Crippen molar-refractivity contribution in [1.29, 1.82) is 0 Å². The van der Waals surface area contributed by atoms with Gasteiger partial charge in [0.2, 0.25) is 0 Å². The van der Waals surface area contributed by atoms with Gasteiger partial charge >= 0.3 is 0 Å². The second-order valence-corrected chi connectivity index (χ2v) is 16.9. The van der Waals surface area contributed by atoms with Crippen molar-refractivity contribution in [2.75, 3.05) is 7.11 Å². The number of furan rings is 1. The summed E-state index contributed by atoms with van der Waals surface area (Å²) in [6.45, 7) is 0. The second-order valence-electron chi connectivity index (χ2n) is 16.9. The summed E-state index contributed by atoms with van der Waals surface area (Å²) in [5.74, 6) is 0.857. The highest BCUT2D eigenvalue weighted by atomic mass is 16.5. The van der Waals surface area contributed by atoms with E-state index in [9.17, 15) is 0 Å². The first-order valence-corrected chi connectivity index (χ1v) is 22.1. The third kappa shape index (κ3) is 6.06. The van der Waals surface area contributed by atoms with Crippen molar-refractivity contribution >= 4 is 65.6 Å². The van der Waals surface area contributed by atoms with Gasteiger partial charge in [-0.05, 0) is 136 Å². The van der Waals surface area contributed by atoms with Gasteiger partial charge < -0.3 is 18.3 Å². The van der Waals surface area contributed by atoms with Crippen LogP contribution in [0.3, 0.4) is 0 Å². The molecule has 0 saturated carbocycles. The van der Waals surface area contributed by atoms with Crippen LogP contribution in [-0.4, -0.2) is 16.2 Å². The molecule has 0 aliphatic rings. The summed E-state index contributed by atoms with van der Waals surface area (Å²) in [5.41, 5.74) is 18.2. The number of methoxy groups -OCH3 is 1. The zero-order chi connectivity index (χ0) is 43.0. The number of para-hydroxylation sites is 3. The summed E-state index contributed by atoms with van der Waals surface area (Å²) in [4.78, 5) is 0. The van der Waals surface area contributed by atoms with Crippen LogP contribution in [0.25, 0.3) is 121 Å². The molecule has 0 amide bonds. The number of hydrogen-bond acceptors (Lipinski definition) is 2. The lowest BCUT2D eigenvalue weighted by Crippen LogP contribution is -1.95. The zero-order valence-electron chi connectivity index (χ0n) is 35.6. The third-order valence-electron chi connectivity index (χ3n) is 13.2. The molecule has 13 aromatic rings. The molecule has 0 spiro atoms. The summed E-state index contributed by atoms with van der Waals surface area (Å²) in [7, 11) is 1.71. The summed E-state index contributed by atoms with van der Waals surface area (Å²) in [6.07, 6.45) is 0. The molecule has 0 unspecified atom stereocenters. The van der Waals surface area contributed by atoms with Crippen molar-refractivity contribution in [3.05, 3.63) is 224 Å². The van der Waals surface area contributed by atoms with E-state index in [2.05, 4.69) is 209 Å². The molecule has 4 heteroatoms. The number of hydrogen-bond donors (Lipinski definition) is 0. The van der Waals surface area contributed by atoms with E-state index >= 15 is 0 Å². The number of rotatable bonds is 7. The number of benzene rings is 10. The summed E-state index contributed by atoms with van der Waals surface area (Å²) in [5, 5.41) is 7.14. The van der Waals surface area contributed by atoms with Crippen LogP contribution in [0.15, 0.2) is 229 Å². The van der Waals surface area contributed by atoms with Crippen LogP contribution in [0, 0.1) is 0 Å². The maximum atomic E-state index is 6.20. The maximum absolute atomic E-state index is 6.20. The molecular formula is C61H40N2O2. The van der Waals surface area contributed by atoms with Crippen LogP contribution in [-0.2, 0) is 0 Å².